The lowest BCUT2D eigenvalue weighted by atomic mass is 10.0. The zero-order valence-electron chi connectivity index (χ0n) is 9.86. The molecule has 0 saturated heterocycles. The maximum absolute atomic E-state index is 13.0. The highest BCUT2D eigenvalue weighted by molar-refractivity contribution is 5.96. The molecule has 0 amide bonds. The second kappa shape index (κ2) is 6.37. The van der Waals surface area contributed by atoms with E-state index < -0.39 is 28.9 Å². The quantitative estimate of drug-likeness (QED) is 0.559. The third-order valence-electron chi connectivity index (χ3n) is 1.92. The summed E-state index contributed by atoms with van der Waals surface area (Å²) in [5.74, 6) is -1.56. The van der Waals surface area contributed by atoms with Crippen LogP contribution in [0.1, 0.15) is 43.1 Å². The van der Waals surface area contributed by atoms with E-state index in [1.807, 2.05) is 13.8 Å². The van der Waals surface area contributed by atoms with Crippen molar-refractivity contribution in [3.63, 3.8) is 0 Å². The van der Waals surface area contributed by atoms with Crippen LogP contribution < -0.4 is 0 Å². The molecule has 0 saturated carbocycles. The number of carbonyl (C=O) groups is 1. The largest absolute Gasteiger partial charge is 0.416 e. The van der Waals surface area contributed by atoms with Crippen molar-refractivity contribution in [3.05, 3.63) is 35.1 Å². The fourth-order valence-corrected chi connectivity index (χ4v) is 1.11. The molecule has 0 unspecified atom stereocenters. The summed E-state index contributed by atoms with van der Waals surface area (Å²) < 4.78 is 49.7. The zero-order valence-corrected chi connectivity index (χ0v) is 9.86. The smallest absolute Gasteiger partial charge is 0.294 e. The topological polar surface area (TPSA) is 17.1 Å². The highest BCUT2D eigenvalue weighted by Gasteiger charge is 2.31. The normalized spacial score (nSPS) is 10.5. The number of hydrogen-bond acceptors (Lipinski definition) is 1. The number of hydrogen-bond donors (Lipinski definition) is 0. The van der Waals surface area contributed by atoms with Crippen LogP contribution >= 0.6 is 0 Å². The van der Waals surface area contributed by atoms with Crippen LogP contribution in [0.25, 0.3) is 0 Å². The van der Waals surface area contributed by atoms with Crippen LogP contribution in [0.3, 0.4) is 0 Å². The van der Waals surface area contributed by atoms with Gasteiger partial charge in [-0.1, -0.05) is 20.8 Å². The summed E-state index contributed by atoms with van der Waals surface area (Å²) in [7, 11) is 0. The van der Waals surface area contributed by atoms with Gasteiger partial charge in [0.1, 0.15) is 5.82 Å². The van der Waals surface area contributed by atoms with Gasteiger partial charge in [0, 0.05) is 6.42 Å². The Labute approximate surface area is 97.5 Å². The van der Waals surface area contributed by atoms with Crippen molar-refractivity contribution >= 4 is 5.78 Å². The van der Waals surface area contributed by atoms with Crippen LogP contribution in [0, 0.1) is 5.82 Å². The molecule has 0 N–H and O–H groups in total. The molecule has 0 fully saturated rings. The lowest BCUT2D eigenvalue weighted by Gasteiger charge is -2.08. The van der Waals surface area contributed by atoms with E-state index in [9.17, 15) is 22.4 Å². The molecule has 1 nitrogen and oxygen atoms in total. The number of rotatable bonds is 2. The molecule has 0 aromatic heterocycles. The molecule has 5 heteroatoms. The van der Waals surface area contributed by atoms with Gasteiger partial charge in [-0.2, -0.15) is 13.2 Å². The molecule has 0 aliphatic rings. The molecular weight excluding hydrogens is 236 g/mol. The summed E-state index contributed by atoms with van der Waals surface area (Å²) in [6, 6.07) is 1.81. The molecular formula is C12H14F4O. The SMILES string of the molecule is CC.CCC(=O)c1cc(C(F)(F)F)ccc1F. The lowest BCUT2D eigenvalue weighted by molar-refractivity contribution is -0.137. The first-order valence-electron chi connectivity index (χ1n) is 5.26. The molecule has 0 atom stereocenters. The predicted octanol–water partition coefficient (Wildman–Crippen LogP) is 4.46. The molecule has 0 radical (unpaired) electrons. The van der Waals surface area contributed by atoms with E-state index in [-0.39, 0.29) is 6.42 Å². The molecule has 0 aliphatic carbocycles. The predicted molar refractivity (Wildman–Crippen MR) is 57.4 cm³/mol. The van der Waals surface area contributed by atoms with Crippen molar-refractivity contribution < 1.29 is 22.4 Å². The van der Waals surface area contributed by atoms with E-state index in [0.717, 1.165) is 0 Å². The van der Waals surface area contributed by atoms with Crippen molar-refractivity contribution in [3.8, 4) is 0 Å². The van der Waals surface area contributed by atoms with E-state index >= 15 is 0 Å². The monoisotopic (exact) mass is 250 g/mol. The zero-order chi connectivity index (χ0) is 13.6. The highest BCUT2D eigenvalue weighted by atomic mass is 19.4. The molecule has 0 aliphatic heterocycles. The Bertz CT molecular complexity index is 383. The van der Waals surface area contributed by atoms with Crippen LogP contribution in [-0.2, 0) is 6.18 Å². The standard InChI is InChI=1S/C10H8F4O.C2H6/c1-2-9(15)7-5-6(10(12,13)14)3-4-8(7)11;1-2/h3-5H,2H2,1H3;1-2H3. The first-order valence-corrected chi connectivity index (χ1v) is 5.26. The number of Topliss-reactive ketones (excluding diaryl/α,β-unsaturated/α-hetero) is 1. The van der Waals surface area contributed by atoms with Crippen molar-refractivity contribution in [2.45, 2.75) is 33.4 Å². The summed E-state index contributed by atoms with van der Waals surface area (Å²) in [6.45, 7) is 5.46. The van der Waals surface area contributed by atoms with Crippen molar-refractivity contribution in [1.29, 1.82) is 0 Å². The number of alkyl halides is 3. The fraction of sp³-hybridized carbons (Fsp3) is 0.417. The van der Waals surface area contributed by atoms with Gasteiger partial charge in [0.05, 0.1) is 11.1 Å². The van der Waals surface area contributed by atoms with Gasteiger partial charge in [0.15, 0.2) is 5.78 Å². The van der Waals surface area contributed by atoms with Crippen molar-refractivity contribution in [1.82, 2.24) is 0 Å². The van der Waals surface area contributed by atoms with E-state index in [0.29, 0.717) is 18.2 Å². The second-order valence-electron chi connectivity index (χ2n) is 2.97. The number of carbonyl (C=O) groups excluding carboxylic acids is 1. The Kier molecular flexibility index (Phi) is 5.85. The van der Waals surface area contributed by atoms with Gasteiger partial charge in [-0.25, -0.2) is 4.39 Å². The van der Waals surface area contributed by atoms with E-state index in [1.165, 1.54) is 6.92 Å². The summed E-state index contributed by atoms with van der Waals surface area (Å²) in [5.41, 5.74) is -1.52. The molecule has 0 bridgehead atoms. The second-order valence-corrected chi connectivity index (χ2v) is 2.97. The molecule has 1 rings (SSSR count). The Balaban J connectivity index is 0.00000121. The van der Waals surface area contributed by atoms with Crippen LogP contribution in [0.2, 0.25) is 0 Å². The first kappa shape index (κ1) is 15.6. The lowest BCUT2D eigenvalue weighted by Crippen LogP contribution is -2.08. The van der Waals surface area contributed by atoms with Crippen molar-refractivity contribution in [2.24, 2.45) is 0 Å². The van der Waals surface area contributed by atoms with E-state index in [1.54, 1.807) is 0 Å². The third kappa shape index (κ3) is 4.17. The first-order chi connectivity index (χ1) is 7.86. The molecule has 0 spiro atoms. The molecule has 1 aromatic rings. The molecule has 1 aromatic carbocycles. The average Bonchev–Trinajstić information content (AvgIpc) is 2.30. The highest BCUT2D eigenvalue weighted by Crippen LogP contribution is 2.30. The minimum atomic E-state index is -4.56. The Morgan fingerprint density at radius 2 is 1.76 bits per heavy atom. The summed E-state index contributed by atoms with van der Waals surface area (Å²) in [4.78, 5) is 11.1. The van der Waals surface area contributed by atoms with Crippen molar-refractivity contribution in [2.75, 3.05) is 0 Å². The Hall–Kier alpha value is -1.39. The summed E-state index contributed by atoms with van der Waals surface area (Å²) >= 11 is 0. The summed E-state index contributed by atoms with van der Waals surface area (Å²) in [6.07, 6.45) is -4.59. The minimum absolute atomic E-state index is 0.0295. The number of ketones is 1. The molecule has 96 valence electrons. The summed E-state index contributed by atoms with van der Waals surface area (Å²) in [5, 5.41) is 0. The van der Waals surface area contributed by atoms with Crippen LogP contribution in [0.5, 0.6) is 0 Å². The van der Waals surface area contributed by atoms with Gasteiger partial charge < -0.3 is 0 Å². The molecule has 17 heavy (non-hydrogen) atoms. The van der Waals surface area contributed by atoms with Crippen LogP contribution in [0.4, 0.5) is 17.6 Å². The van der Waals surface area contributed by atoms with Crippen LogP contribution in [0.15, 0.2) is 18.2 Å². The Morgan fingerprint density at radius 3 is 2.18 bits per heavy atom. The van der Waals surface area contributed by atoms with Crippen LogP contribution in [-0.4, -0.2) is 5.78 Å². The van der Waals surface area contributed by atoms with Gasteiger partial charge in [-0.3, -0.25) is 4.79 Å². The number of benzene rings is 1. The van der Waals surface area contributed by atoms with Gasteiger partial charge in [0.25, 0.3) is 0 Å². The van der Waals surface area contributed by atoms with E-state index in [4.69, 9.17) is 0 Å². The number of halogens is 4. The Morgan fingerprint density at radius 1 is 1.24 bits per heavy atom. The van der Waals surface area contributed by atoms with E-state index in [2.05, 4.69) is 0 Å². The fourth-order valence-electron chi connectivity index (χ4n) is 1.11. The maximum Gasteiger partial charge on any atom is 0.416 e. The average molecular weight is 250 g/mol. The third-order valence-corrected chi connectivity index (χ3v) is 1.92. The maximum atomic E-state index is 13.0. The minimum Gasteiger partial charge on any atom is -0.294 e. The van der Waals surface area contributed by atoms with Gasteiger partial charge in [-0.15, -0.1) is 0 Å². The van der Waals surface area contributed by atoms with Gasteiger partial charge in [0.2, 0.25) is 0 Å². The molecule has 0 heterocycles. The van der Waals surface area contributed by atoms with Gasteiger partial charge >= 0.3 is 6.18 Å². The van der Waals surface area contributed by atoms with Gasteiger partial charge in [-0.05, 0) is 18.2 Å².